The lowest BCUT2D eigenvalue weighted by Crippen LogP contribution is -2.46. The van der Waals surface area contributed by atoms with Crippen LogP contribution in [-0.4, -0.2) is 61.3 Å². The summed E-state index contributed by atoms with van der Waals surface area (Å²) >= 11 is 0. The van der Waals surface area contributed by atoms with E-state index in [1.54, 1.807) is 36.4 Å². The highest BCUT2D eigenvalue weighted by Gasteiger charge is 2.17. The van der Waals surface area contributed by atoms with Gasteiger partial charge < -0.3 is 10.2 Å². The van der Waals surface area contributed by atoms with E-state index in [4.69, 9.17) is 0 Å². The molecule has 1 amide bonds. The van der Waals surface area contributed by atoms with Crippen LogP contribution in [0, 0.1) is 5.82 Å². The number of amides is 1. The van der Waals surface area contributed by atoms with E-state index in [1.807, 2.05) is 0 Å². The maximum absolute atomic E-state index is 12.9. The second-order valence-corrected chi connectivity index (χ2v) is 7.61. The van der Waals surface area contributed by atoms with Gasteiger partial charge in [0, 0.05) is 43.9 Å². The quantitative estimate of drug-likeness (QED) is 0.695. The molecule has 1 saturated heterocycles. The van der Waals surface area contributed by atoms with Crippen molar-refractivity contribution in [2.75, 3.05) is 45.1 Å². The molecule has 1 aliphatic heterocycles. The Morgan fingerprint density at radius 2 is 1.62 bits per heavy atom. The Labute approximate surface area is 171 Å². The minimum atomic E-state index is -0.253. The number of piperazine rings is 1. The molecule has 1 heterocycles. The third-order valence-electron chi connectivity index (χ3n) is 5.24. The van der Waals surface area contributed by atoms with Crippen LogP contribution in [0.5, 0.6) is 0 Å². The fraction of sp³-hybridized carbons (Fsp3) is 0.391. The fourth-order valence-corrected chi connectivity index (χ4v) is 3.37. The van der Waals surface area contributed by atoms with Gasteiger partial charge in [0.25, 0.3) is 0 Å². The summed E-state index contributed by atoms with van der Waals surface area (Å²) in [7, 11) is 2.09. The lowest BCUT2D eigenvalue weighted by Gasteiger charge is -2.31. The molecule has 5 nitrogen and oxygen atoms in total. The number of halogens is 1. The zero-order valence-electron chi connectivity index (χ0n) is 16.9. The number of Topliss-reactive ketones (excluding diaryl/α,β-unsaturated/α-hetero) is 1. The van der Waals surface area contributed by atoms with Gasteiger partial charge in [0.15, 0.2) is 5.78 Å². The molecule has 2 aromatic carbocycles. The van der Waals surface area contributed by atoms with Crippen LogP contribution in [0.25, 0.3) is 0 Å². The third kappa shape index (κ3) is 6.76. The van der Waals surface area contributed by atoms with Crippen molar-refractivity contribution >= 4 is 17.4 Å². The van der Waals surface area contributed by atoms with E-state index in [9.17, 15) is 14.0 Å². The Hall–Kier alpha value is -2.57. The van der Waals surface area contributed by atoms with E-state index in [2.05, 4.69) is 22.2 Å². The van der Waals surface area contributed by atoms with Crippen LogP contribution in [0.1, 0.15) is 28.8 Å². The van der Waals surface area contributed by atoms with Gasteiger partial charge in [0.2, 0.25) is 5.91 Å². The molecule has 1 aliphatic rings. The molecule has 2 aromatic rings. The Morgan fingerprint density at radius 1 is 0.966 bits per heavy atom. The lowest BCUT2D eigenvalue weighted by molar-refractivity contribution is -0.116. The average molecular weight is 397 g/mol. The fourth-order valence-electron chi connectivity index (χ4n) is 3.37. The Kier molecular flexibility index (Phi) is 7.49. The van der Waals surface area contributed by atoms with Crippen LogP contribution in [0.15, 0.2) is 48.5 Å². The van der Waals surface area contributed by atoms with Crippen LogP contribution < -0.4 is 5.32 Å². The summed E-state index contributed by atoms with van der Waals surface area (Å²) in [5, 5.41) is 2.86. The van der Waals surface area contributed by atoms with Crippen molar-refractivity contribution in [2.24, 2.45) is 0 Å². The van der Waals surface area contributed by atoms with Gasteiger partial charge in [-0.2, -0.15) is 0 Å². The van der Waals surface area contributed by atoms with Gasteiger partial charge in [0.05, 0.1) is 6.54 Å². The summed E-state index contributed by atoms with van der Waals surface area (Å²) < 4.78 is 12.9. The molecular formula is C23H28FN3O2. The van der Waals surface area contributed by atoms with E-state index in [1.165, 1.54) is 12.1 Å². The van der Waals surface area contributed by atoms with E-state index < -0.39 is 0 Å². The number of hydrogen-bond donors (Lipinski definition) is 1. The predicted octanol–water partition coefficient (Wildman–Crippen LogP) is 3.22. The maximum atomic E-state index is 12.9. The molecule has 0 aromatic heterocycles. The Balaban J connectivity index is 1.41. The SMILES string of the molecule is CN1CCN(CC(=O)c2ccc(NC(=O)CCCc3ccc(F)cc3)cc2)CC1. The summed E-state index contributed by atoms with van der Waals surface area (Å²) in [5.74, 6) is -0.215. The van der Waals surface area contributed by atoms with Crippen LogP contribution >= 0.6 is 0 Å². The Morgan fingerprint density at radius 3 is 2.28 bits per heavy atom. The molecule has 0 radical (unpaired) electrons. The molecule has 0 unspecified atom stereocenters. The van der Waals surface area contributed by atoms with Crippen molar-refractivity contribution in [3.63, 3.8) is 0 Å². The monoisotopic (exact) mass is 397 g/mol. The molecule has 29 heavy (non-hydrogen) atoms. The van der Waals surface area contributed by atoms with Gasteiger partial charge in [-0.1, -0.05) is 12.1 Å². The number of hydrogen-bond acceptors (Lipinski definition) is 4. The van der Waals surface area contributed by atoms with Crippen molar-refractivity contribution in [3.05, 3.63) is 65.5 Å². The number of nitrogens with one attached hydrogen (secondary N) is 1. The van der Waals surface area contributed by atoms with Gasteiger partial charge in [-0.3, -0.25) is 14.5 Å². The first-order chi connectivity index (χ1) is 14.0. The smallest absolute Gasteiger partial charge is 0.224 e. The first-order valence-corrected chi connectivity index (χ1v) is 10.1. The molecule has 0 aliphatic carbocycles. The number of anilines is 1. The number of benzene rings is 2. The van der Waals surface area contributed by atoms with Crippen molar-refractivity contribution < 1.29 is 14.0 Å². The minimum Gasteiger partial charge on any atom is -0.326 e. The number of nitrogens with zero attached hydrogens (tertiary/aromatic N) is 2. The van der Waals surface area contributed by atoms with E-state index in [0.717, 1.165) is 38.2 Å². The first-order valence-electron chi connectivity index (χ1n) is 10.1. The molecule has 6 heteroatoms. The zero-order valence-corrected chi connectivity index (χ0v) is 16.9. The standard InChI is InChI=1S/C23H28FN3O2/c1-26-13-15-27(16-14-26)17-22(28)19-7-11-21(12-8-19)25-23(29)4-2-3-18-5-9-20(24)10-6-18/h5-12H,2-4,13-17H2,1H3,(H,25,29). The van der Waals surface area contributed by atoms with Crippen molar-refractivity contribution in [2.45, 2.75) is 19.3 Å². The summed E-state index contributed by atoms with van der Waals surface area (Å²) in [4.78, 5) is 29.0. The van der Waals surface area contributed by atoms with Crippen LogP contribution in [-0.2, 0) is 11.2 Å². The third-order valence-corrected chi connectivity index (χ3v) is 5.24. The predicted molar refractivity (Wildman–Crippen MR) is 113 cm³/mol. The molecular weight excluding hydrogens is 369 g/mol. The number of aryl methyl sites for hydroxylation is 1. The summed E-state index contributed by atoms with van der Waals surface area (Å²) in [5.41, 5.74) is 2.37. The highest BCUT2D eigenvalue weighted by Crippen LogP contribution is 2.13. The van der Waals surface area contributed by atoms with E-state index >= 15 is 0 Å². The molecule has 3 rings (SSSR count). The normalized spacial score (nSPS) is 15.2. The topological polar surface area (TPSA) is 52.6 Å². The average Bonchev–Trinajstić information content (AvgIpc) is 2.72. The summed E-state index contributed by atoms with van der Waals surface area (Å²) in [6.07, 6.45) is 1.81. The number of carbonyl (C=O) groups is 2. The molecule has 0 atom stereocenters. The minimum absolute atomic E-state index is 0.0661. The second kappa shape index (κ2) is 10.3. The molecule has 0 spiro atoms. The summed E-state index contributed by atoms with van der Waals surface area (Å²) in [6.45, 7) is 4.23. The van der Waals surface area contributed by atoms with Gasteiger partial charge in [-0.05, 0) is 61.9 Å². The second-order valence-electron chi connectivity index (χ2n) is 7.61. The highest BCUT2D eigenvalue weighted by atomic mass is 19.1. The number of ketones is 1. The van der Waals surface area contributed by atoms with Crippen LogP contribution in [0.4, 0.5) is 10.1 Å². The maximum Gasteiger partial charge on any atom is 0.224 e. The van der Waals surface area contributed by atoms with Crippen molar-refractivity contribution in [1.29, 1.82) is 0 Å². The highest BCUT2D eigenvalue weighted by molar-refractivity contribution is 5.98. The summed E-state index contributed by atoms with van der Waals surface area (Å²) in [6, 6.07) is 13.4. The molecule has 1 N–H and O–H groups in total. The van der Waals surface area contributed by atoms with Crippen molar-refractivity contribution in [3.8, 4) is 0 Å². The molecule has 154 valence electrons. The number of likely N-dealkylation sites (N-methyl/N-ethyl adjacent to an activating group) is 1. The van der Waals surface area contributed by atoms with Crippen LogP contribution in [0.2, 0.25) is 0 Å². The van der Waals surface area contributed by atoms with Gasteiger partial charge in [-0.25, -0.2) is 4.39 Å². The molecule has 0 saturated carbocycles. The van der Waals surface area contributed by atoms with E-state index in [0.29, 0.717) is 30.6 Å². The number of carbonyl (C=O) groups excluding carboxylic acids is 2. The Bertz CT molecular complexity index is 813. The largest absolute Gasteiger partial charge is 0.326 e. The number of rotatable bonds is 8. The van der Waals surface area contributed by atoms with Gasteiger partial charge >= 0.3 is 0 Å². The van der Waals surface area contributed by atoms with Crippen LogP contribution in [0.3, 0.4) is 0 Å². The first kappa shape index (κ1) is 21.1. The van der Waals surface area contributed by atoms with Gasteiger partial charge in [0.1, 0.15) is 5.82 Å². The lowest BCUT2D eigenvalue weighted by atomic mass is 10.1. The molecule has 0 bridgehead atoms. The van der Waals surface area contributed by atoms with Gasteiger partial charge in [-0.15, -0.1) is 0 Å². The molecule has 1 fully saturated rings. The zero-order chi connectivity index (χ0) is 20.6. The van der Waals surface area contributed by atoms with E-state index in [-0.39, 0.29) is 17.5 Å². The van der Waals surface area contributed by atoms with Crippen molar-refractivity contribution in [1.82, 2.24) is 9.80 Å².